The van der Waals surface area contributed by atoms with E-state index in [2.05, 4.69) is 20.7 Å². The van der Waals surface area contributed by atoms with Gasteiger partial charge in [0.25, 0.3) is 11.8 Å². The van der Waals surface area contributed by atoms with Crippen LogP contribution in [0.1, 0.15) is 37.5 Å². The van der Waals surface area contributed by atoms with Crippen LogP contribution < -0.4 is 15.0 Å². The van der Waals surface area contributed by atoms with Crippen LogP contribution in [0.2, 0.25) is 0 Å². The maximum Gasteiger partial charge on any atom is 0.251 e. The molecule has 1 unspecified atom stereocenters. The molecule has 10 nitrogen and oxygen atoms in total. The zero-order valence-corrected chi connectivity index (χ0v) is 20.8. The number of aromatic nitrogens is 4. The second-order valence-electron chi connectivity index (χ2n) is 9.02. The van der Waals surface area contributed by atoms with E-state index < -0.39 is 11.9 Å². The summed E-state index contributed by atoms with van der Waals surface area (Å²) in [5.74, 6) is -0.00590. The fourth-order valence-electron chi connectivity index (χ4n) is 4.57. The van der Waals surface area contributed by atoms with Crippen LogP contribution in [0.3, 0.4) is 0 Å². The minimum atomic E-state index is -1.06. The number of halogens is 1. The monoisotopic (exact) mass is 518 g/mol. The van der Waals surface area contributed by atoms with Gasteiger partial charge in [-0.05, 0) is 78.7 Å². The molecular weight excluding hydrogens is 491 g/mol. The molecule has 0 radical (unpaired) electrons. The van der Waals surface area contributed by atoms with E-state index in [1.807, 2.05) is 0 Å². The normalized spacial score (nSPS) is 14.3. The number of carbonyl (C=O) groups is 2. The van der Waals surface area contributed by atoms with Gasteiger partial charge in [0.1, 0.15) is 23.9 Å². The summed E-state index contributed by atoms with van der Waals surface area (Å²) in [6.07, 6.45) is 5.35. The topological polar surface area (TPSA) is 115 Å². The first kappa shape index (κ1) is 25.1. The van der Waals surface area contributed by atoms with Gasteiger partial charge in [0.2, 0.25) is 5.82 Å². The average molecular weight is 519 g/mol. The molecule has 196 valence electrons. The van der Waals surface area contributed by atoms with Gasteiger partial charge in [-0.2, -0.15) is 4.80 Å². The van der Waals surface area contributed by atoms with Crippen LogP contribution in [0.4, 0.5) is 10.1 Å². The van der Waals surface area contributed by atoms with E-state index in [0.29, 0.717) is 22.8 Å². The molecule has 2 aromatic heterocycles. The first-order chi connectivity index (χ1) is 18.5. The van der Waals surface area contributed by atoms with Gasteiger partial charge in [-0.15, -0.1) is 10.2 Å². The summed E-state index contributed by atoms with van der Waals surface area (Å²) < 4.78 is 24.2. The summed E-state index contributed by atoms with van der Waals surface area (Å²) in [5.41, 5.74) is 1.03. The van der Waals surface area contributed by atoms with Crippen molar-refractivity contribution in [3.05, 3.63) is 78.5 Å². The number of nitrogens with zero attached hydrogens (tertiary/aromatic N) is 5. The predicted octanol–water partition coefficient (Wildman–Crippen LogP) is 3.91. The van der Waals surface area contributed by atoms with Crippen molar-refractivity contribution < 1.29 is 23.1 Å². The molecule has 1 aliphatic rings. The molecule has 0 bridgehead atoms. The van der Waals surface area contributed by atoms with Crippen LogP contribution in [0.25, 0.3) is 11.4 Å². The maximum absolute atomic E-state index is 13.8. The number of anilines is 1. The largest absolute Gasteiger partial charge is 0.497 e. The quantitative estimate of drug-likeness (QED) is 0.357. The van der Waals surface area contributed by atoms with Crippen molar-refractivity contribution in [3.63, 3.8) is 0 Å². The Morgan fingerprint density at radius 1 is 1.13 bits per heavy atom. The number of tetrazole rings is 1. The Balaban J connectivity index is 1.47. The lowest BCUT2D eigenvalue weighted by Crippen LogP contribution is -2.47. The number of benzene rings is 2. The number of carbonyl (C=O) groups excluding carboxylic acids is 2. The van der Waals surface area contributed by atoms with Crippen molar-refractivity contribution in [3.8, 4) is 17.1 Å². The van der Waals surface area contributed by atoms with Crippen molar-refractivity contribution in [2.24, 2.45) is 0 Å². The minimum absolute atomic E-state index is 0.0445. The van der Waals surface area contributed by atoms with Crippen molar-refractivity contribution in [1.29, 1.82) is 0 Å². The number of methoxy groups -OCH3 is 1. The predicted molar refractivity (Wildman–Crippen MR) is 136 cm³/mol. The summed E-state index contributed by atoms with van der Waals surface area (Å²) in [7, 11) is 1.55. The smallest absolute Gasteiger partial charge is 0.251 e. The van der Waals surface area contributed by atoms with Gasteiger partial charge in [-0.1, -0.05) is 12.8 Å². The number of furan rings is 1. The Morgan fingerprint density at radius 2 is 1.87 bits per heavy atom. The molecule has 2 aromatic carbocycles. The highest BCUT2D eigenvalue weighted by Gasteiger charge is 2.36. The van der Waals surface area contributed by atoms with E-state index >= 15 is 0 Å². The first-order valence-corrected chi connectivity index (χ1v) is 12.4. The van der Waals surface area contributed by atoms with Gasteiger partial charge < -0.3 is 14.5 Å². The Bertz CT molecular complexity index is 1370. The Hall–Kier alpha value is -4.54. The van der Waals surface area contributed by atoms with Crippen molar-refractivity contribution in [2.75, 3.05) is 12.0 Å². The second kappa shape index (κ2) is 11.2. The van der Waals surface area contributed by atoms with Gasteiger partial charge in [0.15, 0.2) is 6.04 Å². The lowest BCUT2D eigenvalue weighted by atomic mass is 10.1. The van der Waals surface area contributed by atoms with Gasteiger partial charge in [0.05, 0.1) is 13.4 Å². The number of rotatable bonds is 9. The fourth-order valence-corrected chi connectivity index (χ4v) is 4.57. The molecule has 1 N–H and O–H groups in total. The van der Waals surface area contributed by atoms with Crippen LogP contribution in [0.5, 0.6) is 5.75 Å². The third-order valence-corrected chi connectivity index (χ3v) is 6.47. The zero-order chi connectivity index (χ0) is 26.5. The van der Waals surface area contributed by atoms with Crippen LogP contribution >= 0.6 is 0 Å². The molecule has 1 fully saturated rings. The third kappa shape index (κ3) is 5.56. The molecule has 38 heavy (non-hydrogen) atoms. The van der Waals surface area contributed by atoms with E-state index in [4.69, 9.17) is 9.15 Å². The minimum Gasteiger partial charge on any atom is -0.497 e. The van der Waals surface area contributed by atoms with Crippen LogP contribution in [-0.2, 0) is 16.1 Å². The number of hydrogen-bond donors (Lipinski definition) is 1. The first-order valence-electron chi connectivity index (χ1n) is 12.4. The second-order valence-corrected chi connectivity index (χ2v) is 9.02. The highest BCUT2D eigenvalue weighted by molar-refractivity contribution is 6.01. The highest BCUT2D eigenvalue weighted by atomic mass is 19.1. The summed E-state index contributed by atoms with van der Waals surface area (Å²) in [4.78, 5) is 30.0. The maximum atomic E-state index is 13.8. The summed E-state index contributed by atoms with van der Waals surface area (Å²) in [6, 6.07) is 14.8. The molecule has 0 aliphatic heterocycles. The molecule has 2 heterocycles. The molecule has 1 saturated carbocycles. The Morgan fingerprint density at radius 3 is 2.53 bits per heavy atom. The van der Waals surface area contributed by atoms with Gasteiger partial charge in [0, 0.05) is 17.3 Å². The molecule has 0 spiro atoms. The molecule has 1 aliphatic carbocycles. The molecular formula is C27H27FN6O4. The van der Waals surface area contributed by atoms with Crippen LogP contribution in [0.15, 0.2) is 71.3 Å². The van der Waals surface area contributed by atoms with Crippen molar-refractivity contribution in [1.82, 2.24) is 25.5 Å². The number of amides is 2. The molecule has 0 saturated heterocycles. The Labute approximate surface area is 218 Å². The summed E-state index contributed by atoms with van der Waals surface area (Å²) in [6.45, 7) is -0.297. The SMILES string of the molecule is COc1ccc(N(C(=O)Cn2nnc(-c3ccc(F)cc3)n2)C(C(=O)NC2CCCC2)c2ccco2)cc1. The standard InChI is InChI=1S/C27H27FN6O4/c1-37-22-14-12-21(13-15-22)34(25(23-7-4-16-38-23)27(36)29-20-5-2-3-6-20)24(35)17-33-31-26(30-32-33)18-8-10-19(28)11-9-18/h4,7-16,20,25H,2-3,5-6,17H2,1H3,(H,29,36). The molecule has 4 aromatic rings. The average Bonchev–Trinajstić information content (AvgIpc) is 3.72. The third-order valence-electron chi connectivity index (χ3n) is 6.47. The number of ether oxygens (including phenoxy) is 1. The molecule has 2 amide bonds. The van der Waals surface area contributed by atoms with Crippen molar-refractivity contribution >= 4 is 17.5 Å². The Kier molecular flexibility index (Phi) is 7.43. The lowest BCUT2D eigenvalue weighted by molar-refractivity contribution is -0.128. The number of hydrogen-bond acceptors (Lipinski definition) is 7. The van der Waals surface area contributed by atoms with E-state index in [0.717, 1.165) is 30.5 Å². The number of nitrogens with one attached hydrogen (secondary N) is 1. The molecule has 11 heteroatoms. The molecule has 5 rings (SSSR count). The van der Waals surface area contributed by atoms with Gasteiger partial charge in [-0.3, -0.25) is 14.5 Å². The van der Waals surface area contributed by atoms with Gasteiger partial charge in [-0.25, -0.2) is 4.39 Å². The fraction of sp³-hybridized carbons (Fsp3) is 0.296. The zero-order valence-electron chi connectivity index (χ0n) is 20.8. The summed E-state index contributed by atoms with van der Waals surface area (Å²) in [5, 5.41) is 15.4. The lowest BCUT2D eigenvalue weighted by Gasteiger charge is -2.30. The summed E-state index contributed by atoms with van der Waals surface area (Å²) >= 11 is 0. The van der Waals surface area contributed by atoms with E-state index in [1.165, 1.54) is 35.4 Å². The van der Waals surface area contributed by atoms with Crippen LogP contribution in [-0.4, -0.2) is 45.2 Å². The van der Waals surface area contributed by atoms with E-state index in [-0.39, 0.29) is 30.1 Å². The molecule has 1 atom stereocenters. The van der Waals surface area contributed by atoms with E-state index in [9.17, 15) is 14.0 Å². The van der Waals surface area contributed by atoms with Crippen LogP contribution in [0, 0.1) is 5.82 Å². The van der Waals surface area contributed by atoms with Gasteiger partial charge >= 0.3 is 0 Å². The highest BCUT2D eigenvalue weighted by Crippen LogP contribution is 2.31. The van der Waals surface area contributed by atoms with E-state index in [1.54, 1.807) is 43.5 Å². The van der Waals surface area contributed by atoms with Crippen molar-refractivity contribution in [2.45, 2.75) is 44.3 Å².